The summed E-state index contributed by atoms with van der Waals surface area (Å²) in [4.78, 5) is 38.6. The number of hydrogen-bond donors (Lipinski definition) is 3. The van der Waals surface area contributed by atoms with Crippen molar-refractivity contribution in [3.8, 4) is 0 Å². The van der Waals surface area contributed by atoms with Gasteiger partial charge in [0.15, 0.2) is 0 Å². The van der Waals surface area contributed by atoms with Crippen molar-refractivity contribution < 1.29 is 14.4 Å². The molecule has 8 heteroatoms. The van der Waals surface area contributed by atoms with Gasteiger partial charge in [-0.25, -0.2) is 4.68 Å². The molecule has 3 amide bonds. The van der Waals surface area contributed by atoms with Crippen LogP contribution in [-0.2, 0) is 16.0 Å². The fraction of sp³-hybridized carbons (Fsp3) is 0.148. The highest BCUT2D eigenvalue weighted by Gasteiger charge is 2.21. The lowest BCUT2D eigenvalue weighted by molar-refractivity contribution is -0.133. The minimum atomic E-state index is -0.919. The Morgan fingerprint density at radius 1 is 0.857 bits per heavy atom. The van der Waals surface area contributed by atoms with Crippen LogP contribution in [0.2, 0.25) is 5.02 Å². The van der Waals surface area contributed by atoms with Crippen molar-refractivity contribution in [1.29, 1.82) is 0 Å². The van der Waals surface area contributed by atoms with Crippen molar-refractivity contribution in [2.75, 3.05) is 16.1 Å². The first-order valence-electron chi connectivity index (χ1n) is 11.2. The van der Waals surface area contributed by atoms with Crippen molar-refractivity contribution >= 4 is 51.6 Å². The number of carbonyl (C=O) groups excluding carboxylic acids is 3. The second kappa shape index (κ2) is 10.0. The van der Waals surface area contributed by atoms with E-state index in [1.807, 2.05) is 51.1 Å². The molecule has 0 fully saturated rings. The Morgan fingerprint density at radius 2 is 1.60 bits per heavy atom. The molecule has 0 bridgehead atoms. The summed E-state index contributed by atoms with van der Waals surface area (Å²) in [6, 6.07) is 19.5. The number of benzene rings is 3. The summed E-state index contributed by atoms with van der Waals surface area (Å²) < 4.78 is 1.30. The van der Waals surface area contributed by atoms with Gasteiger partial charge >= 0.3 is 11.8 Å². The predicted octanol–water partition coefficient (Wildman–Crippen LogP) is 5.44. The van der Waals surface area contributed by atoms with Crippen molar-refractivity contribution in [2.24, 2.45) is 0 Å². The van der Waals surface area contributed by atoms with Crippen LogP contribution in [0.25, 0.3) is 10.9 Å². The van der Waals surface area contributed by atoms with Gasteiger partial charge in [-0.1, -0.05) is 48.4 Å². The van der Waals surface area contributed by atoms with Gasteiger partial charge in [-0.2, -0.15) is 0 Å². The van der Waals surface area contributed by atoms with Crippen LogP contribution in [0.4, 0.5) is 11.4 Å². The Kier molecular flexibility index (Phi) is 6.89. The van der Waals surface area contributed by atoms with E-state index in [2.05, 4.69) is 16.1 Å². The smallest absolute Gasteiger partial charge is 0.320 e. The van der Waals surface area contributed by atoms with Crippen LogP contribution in [0, 0.1) is 13.8 Å². The molecule has 4 aromatic rings. The van der Waals surface area contributed by atoms with Crippen molar-refractivity contribution in [3.63, 3.8) is 0 Å². The molecule has 0 unspecified atom stereocenters. The van der Waals surface area contributed by atoms with Gasteiger partial charge < -0.3 is 10.6 Å². The fourth-order valence-electron chi connectivity index (χ4n) is 3.78. The van der Waals surface area contributed by atoms with Gasteiger partial charge in [0.05, 0.1) is 5.52 Å². The number of aromatic nitrogens is 1. The van der Waals surface area contributed by atoms with E-state index in [-0.39, 0.29) is 5.69 Å². The summed E-state index contributed by atoms with van der Waals surface area (Å²) >= 11 is 6.13. The van der Waals surface area contributed by atoms with E-state index in [0.717, 1.165) is 23.1 Å². The van der Waals surface area contributed by atoms with E-state index in [0.29, 0.717) is 27.3 Å². The quantitative estimate of drug-likeness (QED) is 0.327. The second-order valence-corrected chi connectivity index (χ2v) is 8.72. The number of nitrogens with one attached hydrogen (secondary N) is 3. The molecule has 0 aliphatic carbocycles. The number of rotatable bonds is 5. The van der Waals surface area contributed by atoms with Crippen LogP contribution in [0.3, 0.4) is 0 Å². The molecule has 178 valence electrons. The standard InChI is InChI=1S/C27H25ClN4O3/c1-4-18-6-9-21(10-7-18)29-26(34)27(35)31-32-23-12-8-20(28)14-19(23)15-24(32)25(33)30-22-11-5-16(2)13-17(22)3/h5-15H,4H2,1-3H3,(H,29,34)(H,30,33)(H,31,35). The lowest BCUT2D eigenvalue weighted by Crippen LogP contribution is -2.36. The Labute approximate surface area is 208 Å². The molecule has 0 atom stereocenters. The SMILES string of the molecule is CCc1ccc(NC(=O)C(=O)Nn2c(C(=O)Nc3ccc(C)cc3C)cc3cc(Cl)ccc32)cc1. The molecule has 1 aromatic heterocycles. The Hall–Kier alpha value is -4.10. The maximum Gasteiger partial charge on any atom is 0.328 e. The van der Waals surface area contributed by atoms with Gasteiger partial charge in [0.25, 0.3) is 5.91 Å². The Bertz CT molecular complexity index is 1440. The lowest BCUT2D eigenvalue weighted by Gasteiger charge is -2.14. The highest BCUT2D eigenvalue weighted by atomic mass is 35.5. The monoisotopic (exact) mass is 488 g/mol. The van der Waals surface area contributed by atoms with E-state index in [1.165, 1.54) is 4.68 Å². The predicted molar refractivity (Wildman–Crippen MR) is 140 cm³/mol. The molecule has 1 heterocycles. The largest absolute Gasteiger partial charge is 0.328 e. The third-order valence-corrected chi connectivity index (χ3v) is 5.90. The average Bonchev–Trinajstić information content (AvgIpc) is 3.18. The van der Waals surface area contributed by atoms with Crippen molar-refractivity contribution in [3.05, 3.63) is 94.1 Å². The van der Waals surface area contributed by atoms with Crippen LogP contribution < -0.4 is 16.1 Å². The van der Waals surface area contributed by atoms with Crippen LogP contribution in [0.15, 0.2) is 66.7 Å². The van der Waals surface area contributed by atoms with Gasteiger partial charge in [-0.15, -0.1) is 0 Å². The molecular formula is C27H25ClN4O3. The zero-order chi connectivity index (χ0) is 25.1. The lowest BCUT2D eigenvalue weighted by atomic mass is 10.1. The van der Waals surface area contributed by atoms with Crippen molar-refractivity contribution in [2.45, 2.75) is 27.2 Å². The summed E-state index contributed by atoms with van der Waals surface area (Å²) in [5.41, 5.74) is 7.46. The first-order chi connectivity index (χ1) is 16.7. The third-order valence-electron chi connectivity index (χ3n) is 5.67. The first-order valence-corrected chi connectivity index (χ1v) is 11.5. The summed E-state index contributed by atoms with van der Waals surface area (Å²) in [5, 5.41) is 6.58. The van der Waals surface area contributed by atoms with Gasteiger partial charge in [0.1, 0.15) is 5.69 Å². The van der Waals surface area contributed by atoms with E-state index >= 15 is 0 Å². The summed E-state index contributed by atoms with van der Waals surface area (Å²) in [6.07, 6.45) is 0.867. The second-order valence-electron chi connectivity index (χ2n) is 8.29. The zero-order valence-corrected chi connectivity index (χ0v) is 20.4. The van der Waals surface area contributed by atoms with Crippen LogP contribution in [0.5, 0.6) is 0 Å². The molecule has 0 aliphatic heterocycles. The van der Waals surface area contributed by atoms with E-state index in [9.17, 15) is 14.4 Å². The van der Waals surface area contributed by atoms with E-state index < -0.39 is 17.7 Å². The van der Waals surface area contributed by atoms with Crippen LogP contribution in [-0.4, -0.2) is 22.4 Å². The number of fused-ring (bicyclic) bond motifs is 1. The molecule has 0 saturated carbocycles. The number of aryl methyl sites for hydroxylation is 3. The highest BCUT2D eigenvalue weighted by Crippen LogP contribution is 2.24. The van der Waals surface area contributed by atoms with Crippen molar-refractivity contribution in [1.82, 2.24) is 4.68 Å². The number of anilines is 2. The van der Waals surface area contributed by atoms with Crippen LogP contribution >= 0.6 is 11.6 Å². The maximum absolute atomic E-state index is 13.2. The molecule has 3 N–H and O–H groups in total. The van der Waals surface area contributed by atoms with Crippen LogP contribution in [0.1, 0.15) is 34.1 Å². The minimum Gasteiger partial charge on any atom is -0.320 e. The molecule has 3 aromatic carbocycles. The molecule has 0 spiro atoms. The maximum atomic E-state index is 13.2. The van der Waals surface area contributed by atoms with Gasteiger partial charge in [-0.05, 0) is 73.9 Å². The molecule has 0 aliphatic rings. The first kappa shape index (κ1) is 24.0. The zero-order valence-electron chi connectivity index (χ0n) is 19.6. The molecule has 4 rings (SSSR count). The topological polar surface area (TPSA) is 92.2 Å². The van der Waals surface area contributed by atoms with E-state index in [4.69, 9.17) is 11.6 Å². The number of carbonyl (C=O) groups is 3. The number of amides is 3. The molecule has 7 nitrogen and oxygen atoms in total. The minimum absolute atomic E-state index is 0.149. The third kappa shape index (κ3) is 5.36. The van der Waals surface area contributed by atoms with E-state index in [1.54, 1.807) is 36.4 Å². The van der Waals surface area contributed by atoms with Gasteiger partial charge in [-0.3, -0.25) is 19.8 Å². The summed E-state index contributed by atoms with van der Waals surface area (Å²) in [5.74, 6) is -2.22. The van der Waals surface area contributed by atoms with Gasteiger partial charge in [0.2, 0.25) is 0 Å². The number of hydrogen-bond acceptors (Lipinski definition) is 3. The fourth-order valence-corrected chi connectivity index (χ4v) is 3.96. The Morgan fingerprint density at radius 3 is 2.29 bits per heavy atom. The Balaban J connectivity index is 1.61. The normalized spacial score (nSPS) is 10.7. The molecular weight excluding hydrogens is 464 g/mol. The molecule has 0 radical (unpaired) electrons. The molecule has 0 saturated heterocycles. The number of halogens is 1. The van der Waals surface area contributed by atoms with Gasteiger partial charge in [0, 0.05) is 21.8 Å². The highest BCUT2D eigenvalue weighted by molar-refractivity contribution is 6.42. The summed E-state index contributed by atoms with van der Waals surface area (Å²) in [6.45, 7) is 5.90. The molecule has 35 heavy (non-hydrogen) atoms. The summed E-state index contributed by atoms with van der Waals surface area (Å²) in [7, 11) is 0. The average molecular weight is 489 g/mol. The number of nitrogens with zero attached hydrogens (tertiary/aromatic N) is 1.